The van der Waals surface area contributed by atoms with Crippen LogP contribution in [0.1, 0.15) is 37.3 Å². The van der Waals surface area contributed by atoms with Gasteiger partial charge in [0.05, 0.1) is 23.9 Å². The largest absolute Gasteiger partial charge is 0.508 e. The fraction of sp³-hybridized carbons (Fsp3) is 0.519. The molecule has 0 aromatic heterocycles. The zero-order chi connectivity index (χ0) is 27.7. The number of amides is 1. The number of nitrogens with zero attached hydrogens (tertiary/aromatic N) is 2. The minimum atomic E-state index is -2.72. The second kappa shape index (κ2) is 8.91. The summed E-state index contributed by atoms with van der Waals surface area (Å²) in [5.41, 5.74) is -5.54. The number of likely N-dealkylation sites (N-methyl/N-ethyl adjacent to an activating group) is 1. The minimum absolute atomic E-state index is 0.137. The van der Waals surface area contributed by atoms with Crippen LogP contribution in [0.5, 0.6) is 5.75 Å². The third-order valence-electron chi connectivity index (χ3n) is 8.66. The Morgan fingerprint density at radius 2 is 1.79 bits per heavy atom. The molecule has 1 saturated heterocycles. The first kappa shape index (κ1) is 26.4. The van der Waals surface area contributed by atoms with Gasteiger partial charge in [0, 0.05) is 17.4 Å². The van der Waals surface area contributed by atoms with E-state index < -0.39 is 63.6 Å². The van der Waals surface area contributed by atoms with Crippen LogP contribution in [0.2, 0.25) is 0 Å². The Labute approximate surface area is 219 Å². The molecule has 6 N–H and O–H groups in total. The van der Waals surface area contributed by atoms with E-state index in [2.05, 4.69) is 5.32 Å². The number of aliphatic hydroxyl groups is 4. The van der Waals surface area contributed by atoms with E-state index in [0.717, 1.165) is 25.9 Å². The number of fused-ring (bicyclic) bond motifs is 3. The SMILES string of the molecule is CN(C)[C@@H]1C(=O)C(C(=O)NCN2CCCC2)=C(O)[C@]2(O)C(=O)C3=C(O)c4c(O)cccc4[C@](C)(O)[C@@H]3C[C@@H]12. The zero-order valence-electron chi connectivity index (χ0n) is 21.6. The molecule has 0 radical (unpaired) electrons. The zero-order valence-corrected chi connectivity index (χ0v) is 21.6. The molecule has 11 heteroatoms. The van der Waals surface area contributed by atoms with Gasteiger partial charge in [-0.25, -0.2) is 0 Å². The number of benzene rings is 1. The van der Waals surface area contributed by atoms with Gasteiger partial charge in [-0.15, -0.1) is 0 Å². The Kier molecular flexibility index (Phi) is 6.18. The minimum Gasteiger partial charge on any atom is -0.508 e. The highest BCUT2D eigenvalue weighted by Crippen LogP contribution is 2.57. The van der Waals surface area contributed by atoms with E-state index >= 15 is 0 Å². The van der Waals surface area contributed by atoms with Crippen LogP contribution in [0.3, 0.4) is 0 Å². The Morgan fingerprint density at radius 1 is 1.13 bits per heavy atom. The quantitative estimate of drug-likeness (QED) is 0.300. The molecule has 0 unspecified atom stereocenters. The molecular weight excluding hydrogens is 494 g/mol. The topological polar surface area (TPSA) is 171 Å². The predicted octanol–water partition coefficient (Wildman–Crippen LogP) is 0.313. The summed E-state index contributed by atoms with van der Waals surface area (Å²) >= 11 is 0. The lowest BCUT2D eigenvalue weighted by Crippen LogP contribution is -2.67. The molecule has 2 fully saturated rings. The summed E-state index contributed by atoms with van der Waals surface area (Å²) in [7, 11) is 3.12. The van der Waals surface area contributed by atoms with Gasteiger partial charge in [0.1, 0.15) is 22.8 Å². The van der Waals surface area contributed by atoms with E-state index in [1.54, 1.807) is 14.1 Å². The Balaban J connectivity index is 1.65. The summed E-state index contributed by atoms with van der Waals surface area (Å²) in [6.07, 6.45) is 1.78. The molecule has 1 heterocycles. The first-order valence-electron chi connectivity index (χ1n) is 12.7. The number of aromatic hydroxyl groups is 1. The van der Waals surface area contributed by atoms with Gasteiger partial charge >= 0.3 is 0 Å². The maximum atomic E-state index is 14.0. The van der Waals surface area contributed by atoms with E-state index in [1.807, 2.05) is 4.90 Å². The summed E-state index contributed by atoms with van der Waals surface area (Å²) in [6, 6.07) is 3.12. The normalized spacial score (nSPS) is 33.4. The average molecular weight is 528 g/mol. The smallest absolute Gasteiger partial charge is 0.259 e. The first-order chi connectivity index (χ1) is 17.8. The maximum Gasteiger partial charge on any atom is 0.259 e. The maximum absolute atomic E-state index is 14.0. The summed E-state index contributed by atoms with van der Waals surface area (Å²) in [5, 5.41) is 59.0. The number of phenolic OH excluding ortho intramolecular Hbond substituents is 1. The van der Waals surface area contributed by atoms with Crippen LogP contribution in [0.4, 0.5) is 0 Å². The number of likely N-dealkylation sites (tertiary alicyclic amines) is 1. The first-order valence-corrected chi connectivity index (χ1v) is 12.7. The van der Waals surface area contributed by atoms with Crippen molar-refractivity contribution >= 4 is 23.2 Å². The molecule has 204 valence electrons. The Morgan fingerprint density at radius 3 is 2.42 bits per heavy atom. The number of rotatable bonds is 4. The molecule has 1 aliphatic heterocycles. The van der Waals surface area contributed by atoms with Crippen LogP contribution in [0, 0.1) is 11.8 Å². The number of carbonyl (C=O) groups is 3. The number of ketones is 2. The van der Waals surface area contributed by atoms with E-state index in [9.17, 15) is 39.9 Å². The van der Waals surface area contributed by atoms with Crippen LogP contribution in [-0.4, -0.2) is 98.3 Å². The standard InChI is InChI=1S/C27H33N3O8/c1-26(37)13-7-6-8-16(31)17(13)21(32)18-14(26)11-15-20(29(2)3)22(33)19(24(35)27(15,38)23(18)34)25(36)28-12-30-9-4-5-10-30/h6-8,14-15,20,31-32,35,37-38H,4-5,9-12H2,1-3H3,(H,28,36)/t14-,15+,20+,26+,27-/m1/s1. The van der Waals surface area contributed by atoms with Crippen LogP contribution in [-0.2, 0) is 20.0 Å². The predicted molar refractivity (Wildman–Crippen MR) is 135 cm³/mol. The van der Waals surface area contributed by atoms with Crippen molar-refractivity contribution in [3.8, 4) is 5.75 Å². The van der Waals surface area contributed by atoms with Crippen molar-refractivity contribution in [3.05, 3.63) is 46.2 Å². The van der Waals surface area contributed by atoms with Gasteiger partial charge < -0.3 is 30.8 Å². The van der Waals surface area contributed by atoms with Gasteiger partial charge in [0.2, 0.25) is 5.78 Å². The van der Waals surface area contributed by atoms with Crippen molar-refractivity contribution in [2.24, 2.45) is 11.8 Å². The Hall–Kier alpha value is -3.25. The number of nitrogens with one attached hydrogen (secondary N) is 1. The van der Waals surface area contributed by atoms with E-state index in [4.69, 9.17) is 0 Å². The lowest BCUT2D eigenvalue weighted by molar-refractivity contribution is -0.159. The monoisotopic (exact) mass is 527 g/mol. The van der Waals surface area contributed by atoms with Crippen molar-refractivity contribution < 1.29 is 39.9 Å². The molecule has 38 heavy (non-hydrogen) atoms. The molecular formula is C27H33N3O8. The lowest BCUT2D eigenvalue weighted by atomic mass is 9.54. The van der Waals surface area contributed by atoms with Crippen molar-refractivity contribution in [3.63, 3.8) is 0 Å². The highest BCUT2D eigenvalue weighted by atomic mass is 16.3. The Bertz CT molecular complexity index is 1290. The van der Waals surface area contributed by atoms with Crippen molar-refractivity contribution in [2.45, 2.75) is 43.4 Å². The van der Waals surface area contributed by atoms with Crippen molar-refractivity contribution in [1.29, 1.82) is 0 Å². The number of Topliss-reactive ketones (excluding diaryl/α,β-unsaturated/α-hetero) is 2. The van der Waals surface area contributed by atoms with E-state index in [-0.39, 0.29) is 35.5 Å². The average Bonchev–Trinajstić information content (AvgIpc) is 3.37. The second-order valence-electron chi connectivity index (χ2n) is 11.1. The molecule has 1 saturated carbocycles. The van der Waals surface area contributed by atoms with Gasteiger partial charge in [0.15, 0.2) is 11.4 Å². The molecule has 1 amide bonds. The molecule has 5 rings (SSSR count). The van der Waals surface area contributed by atoms with Crippen LogP contribution >= 0.6 is 0 Å². The number of carbonyl (C=O) groups excluding carboxylic acids is 3. The molecule has 3 aliphatic carbocycles. The molecule has 5 atom stereocenters. The van der Waals surface area contributed by atoms with Crippen LogP contribution in [0.25, 0.3) is 5.76 Å². The van der Waals surface area contributed by atoms with Gasteiger partial charge in [-0.3, -0.25) is 24.2 Å². The van der Waals surface area contributed by atoms with Gasteiger partial charge in [-0.2, -0.15) is 0 Å². The molecule has 1 aromatic carbocycles. The fourth-order valence-electron chi connectivity index (χ4n) is 6.70. The number of phenols is 1. The molecule has 4 aliphatic rings. The molecule has 0 spiro atoms. The van der Waals surface area contributed by atoms with Crippen molar-refractivity contribution in [2.75, 3.05) is 33.9 Å². The molecule has 0 bridgehead atoms. The number of hydrogen-bond acceptors (Lipinski definition) is 10. The summed E-state index contributed by atoms with van der Waals surface area (Å²) in [5.74, 6) is -7.17. The third-order valence-corrected chi connectivity index (χ3v) is 8.66. The van der Waals surface area contributed by atoms with Gasteiger partial charge in [0.25, 0.3) is 5.91 Å². The van der Waals surface area contributed by atoms with E-state index in [1.165, 1.54) is 30.0 Å². The molecule has 1 aromatic rings. The van der Waals surface area contributed by atoms with Crippen LogP contribution < -0.4 is 5.32 Å². The second-order valence-corrected chi connectivity index (χ2v) is 11.1. The lowest BCUT2D eigenvalue weighted by Gasteiger charge is -2.53. The van der Waals surface area contributed by atoms with Gasteiger partial charge in [-0.1, -0.05) is 12.1 Å². The molecule has 11 nitrogen and oxygen atoms in total. The van der Waals surface area contributed by atoms with E-state index in [0.29, 0.717) is 0 Å². The fourth-order valence-corrected chi connectivity index (χ4v) is 6.70. The van der Waals surface area contributed by atoms with Crippen LogP contribution in [0.15, 0.2) is 35.1 Å². The summed E-state index contributed by atoms with van der Waals surface area (Å²) in [6.45, 7) is 3.11. The highest BCUT2D eigenvalue weighted by molar-refractivity contribution is 6.25. The third kappa shape index (κ3) is 3.53. The number of hydrogen-bond donors (Lipinski definition) is 6. The van der Waals surface area contributed by atoms with Crippen molar-refractivity contribution in [1.82, 2.24) is 15.1 Å². The van der Waals surface area contributed by atoms with Gasteiger partial charge in [-0.05, 0) is 65.0 Å². The number of aliphatic hydroxyl groups excluding tert-OH is 2. The summed E-state index contributed by atoms with van der Waals surface area (Å²) < 4.78 is 0. The highest BCUT2D eigenvalue weighted by Gasteiger charge is 2.66. The summed E-state index contributed by atoms with van der Waals surface area (Å²) in [4.78, 5) is 44.3.